The molecule has 1 aromatic carbocycles. The average molecular weight is 415 g/mol. The first-order valence-corrected chi connectivity index (χ1v) is 10.4. The molecule has 7 nitrogen and oxygen atoms in total. The number of benzene rings is 1. The zero-order valence-corrected chi connectivity index (χ0v) is 17.4. The number of fused-ring (bicyclic) bond motifs is 1. The van der Waals surface area contributed by atoms with E-state index in [-0.39, 0.29) is 11.4 Å². The molecule has 2 aliphatic carbocycles. The van der Waals surface area contributed by atoms with Gasteiger partial charge in [-0.3, -0.25) is 4.79 Å². The highest BCUT2D eigenvalue weighted by atomic mass is 16.3. The van der Waals surface area contributed by atoms with Gasteiger partial charge in [0.15, 0.2) is 0 Å². The number of allylic oxidation sites excluding steroid dienone is 1. The van der Waals surface area contributed by atoms with E-state index in [1.807, 2.05) is 43.4 Å². The molecule has 0 spiro atoms. The monoisotopic (exact) mass is 415 g/mol. The number of aryl methyl sites for hydroxylation is 1. The van der Waals surface area contributed by atoms with Crippen molar-refractivity contribution in [3.63, 3.8) is 0 Å². The SMILES string of the molecule is Cn1c(C(=O)NC2(c3cccc(C4(O)CC4)c3)CC2)cc2ccc(/C(C=N)=C/N)nc21. The van der Waals surface area contributed by atoms with E-state index in [2.05, 4.69) is 10.3 Å². The number of pyridine rings is 1. The van der Waals surface area contributed by atoms with Gasteiger partial charge in [-0.15, -0.1) is 0 Å². The molecule has 1 amide bonds. The van der Waals surface area contributed by atoms with Crippen LogP contribution in [-0.4, -0.2) is 26.8 Å². The van der Waals surface area contributed by atoms with Gasteiger partial charge >= 0.3 is 0 Å². The summed E-state index contributed by atoms with van der Waals surface area (Å²) in [6.07, 6.45) is 5.84. The van der Waals surface area contributed by atoms with Gasteiger partial charge in [-0.25, -0.2) is 4.98 Å². The first-order chi connectivity index (χ1) is 14.9. The van der Waals surface area contributed by atoms with Crippen molar-refractivity contribution < 1.29 is 9.90 Å². The molecule has 0 atom stereocenters. The van der Waals surface area contributed by atoms with Gasteiger partial charge in [0.25, 0.3) is 5.91 Å². The van der Waals surface area contributed by atoms with Crippen LogP contribution in [0.2, 0.25) is 0 Å². The number of nitrogens with one attached hydrogen (secondary N) is 2. The smallest absolute Gasteiger partial charge is 0.268 e. The number of carbonyl (C=O) groups excluding carboxylic acids is 1. The molecule has 0 bridgehead atoms. The van der Waals surface area contributed by atoms with E-state index in [9.17, 15) is 9.90 Å². The van der Waals surface area contributed by atoms with Gasteiger partial charge in [0.2, 0.25) is 0 Å². The Balaban J connectivity index is 1.44. The van der Waals surface area contributed by atoms with Crippen molar-refractivity contribution in [1.29, 1.82) is 5.41 Å². The lowest BCUT2D eigenvalue weighted by atomic mass is 9.98. The predicted octanol–water partition coefficient (Wildman–Crippen LogP) is 2.92. The maximum atomic E-state index is 13.2. The lowest BCUT2D eigenvalue weighted by molar-refractivity contribution is 0.0923. The fraction of sp³-hybridized carbons (Fsp3) is 0.292. The number of nitrogens with zero attached hydrogens (tertiary/aromatic N) is 2. The number of hydrogen-bond donors (Lipinski definition) is 4. The Morgan fingerprint density at radius 3 is 2.58 bits per heavy atom. The van der Waals surface area contributed by atoms with Crippen LogP contribution in [-0.2, 0) is 18.2 Å². The summed E-state index contributed by atoms with van der Waals surface area (Å²) in [6.45, 7) is 0. The van der Waals surface area contributed by atoms with Gasteiger partial charge in [-0.2, -0.15) is 0 Å². The third kappa shape index (κ3) is 3.21. The highest BCUT2D eigenvalue weighted by Gasteiger charge is 2.48. The van der Waals surface area contributed by atoms with Gasteiger partial charge in [-0.05, 0) is 55.0 Å². The molecule has 0 radical (unpaired) electrons. The van der Waals surface area contributed by atoms with E-state index in [1.165, 1.54) is 6.20 Å². The molecule has 0 aliphatic heterocycles. The fourth-order valence-corrected chi connectivity index (χ4v) is 4.19. The summed E-state index contributed by atoms with van der Waals surface area (Å²) in [5.41, 5.74) is 8.77. The molecule has 0 saturated heterocycles. The molecule has 3 aromatic rings. The second kappa shape index (κ2) is 6.78. The van der Waals surface area contributed by atoms with E-state index in [1.54, 1.807) is 10.6 Å². The summed E-state index contributed by atoms with van der Waals surface area (Å²) in [6, 6.07) is 13.5. The minimum atomic E-state index is -0.692. The van der Waals surface area contributed by atoms with E-state index in [0.29, 0.717) is 22.6 Å². The molecule has 0 unspecified atom stereocenters. The van der Waals surface area contributed by atoms with Gasteiger partial charge in [0.1, 0.15) is 11.3 Å². The topological polar surface area (TPSA) is 117 Å². The van der Waals surface area contributed by atoms with Crippen LogP contribution in [0.15, 0.2) is 48.7 Å². The summed E-state index contributed by atoms with van der Waals surface area (Å²) in [5.74, 6) is -0.156. The van der Waals surface area contributed by atoms with Crippen LogP contribution >= 0.6 is 0 Å². The quantitative estimate of drug-likeness (QED) is 0.463. The van der Waals surface area contributed by atoms with Crippen LogP contribution in [0, 0.1) is 5.41 Å². The second-order valence-electron chi connectivity index (χ2n) is 8.61. The fourth-order valence-electron chi connectivity index (χ4n) is 4.19. The molecule has 2 heterocycles. The predicted molar refractivity (Wildman–Crippen MR) is 120 cm³/mol. The van der Waals surface area contributed by atoms with E-state index in [4.69, 9.17) is 11.1 Å². The van der Waals surface area contributed by atoms with Crippen molar-refractivity contribution >= 4 is 28.7 Å². The van der Waals surface area contributed by atoms with Crippen molar-refractivity contribution in [2.45, 2.75) is 36.8 Å². The zero-order chi connectivity index (χ0) is 21.8. The standard InChI is InChI=1S/C24H25N5O2/c1-29-20(11-15-5-6-19(27-21(15)29)16(13-25)14-26)22(30)28-23(7-8-23)17-3-2-4-18(12-17)24(31)9-10-24/h2-6,11-14,25,31H,7-10,26H2,1H3,(H,28,30)/b16-14+,25-13?. The molecule has 5 N–H and O–H groups in total. The van der Waals surface area contributed by atoms with Gasteiger partial charge in [-0.1, -0.05) is 24.3 Å². The highest BCUT2D eigenvalue weighted by Crippen LogP contribution is 2.49. The van der Waals surface area contributed by atoms with Crippen molar-refractivity contribution in [2.24, 2.45) is 12.8 Å². The van der Waals surface area contributed by atoms with Gasteiger partial charge < -0.3 is 26.1 Å². The highest BCUT2D eigenvalue weighted by molar-refractivity contribution is 6.08. The maximum absolute atomic E-state index is 13.2. The van der Waals surface area contributed by atoms with Crippen LogP contribution in [0.1, 0.15) is 53.0 Å². The largest absolute Gasteiger partial charge is 0.404 e. The number of aliphatic hydroxyl groups is 1. The van der Waals surface area contributed by atoms with Crippen LogP contribution in [0.5, 0.6) is 0 Å². The average Bonchev–Trinajstić information content (AvgIpc) is 3.70. The Labute approximate surface area is 180 Å². The Hall–Kier alpha value is -3.45. The van der Waals surface area contributed by atoms with Crippen LogP contribution in [0.3, 0.4) is 0 Å². The Morgan fingerprint density at radius 2 is 1.94 bits per heavy atom. The van der Waals surface area contributed by atoms with Gasteiger partial charge in [0.05, 0.1) is 16.8 Å². The second-order valence-corrected chi connectivity index (χ2v) is 8.61. The maximum Gasteiger partial charge on any atom is 0.268 e. The molecule has 158 valence electrons. The van der Waals surface area contributed by atoms with Crippen LogP contribution in [0.25, 0.3) is 16.6 Å². The van der Waals surface area contributed by atoms with Crippen molar-refractivity contribution in [3.8, 4) is 0 Å². The Morgan fingerprint density at radius 1 is 1.19 bits per heavy atom. The lowest BCUT2D eigenvalue weighted by Crippen LogP contribution is -2.36. The number of aromatic nitrogens is 2. The number of carbonyl (C=O) groups is 1. The van der Waals surface area contributed by atoms with Crippen molar-refractivity contribution in [3.05, 3.63) is 71.2 Å². The number of nitrogens with two attached hydrogens (primary N) is 1. The molecular weight excluding hydrogens is 390 g/mol. The molecule has 2 saturated carbocycles. The number of amides is 1. The summed E-state index contributed by atoms with van der Waals surface area (Å²) in [7, 11) is 1.81. The summed E-state index contributed by atoms with van der Waals surface area (Å²) in [5, 5.41) is 22.0. The van der Waals surface area contributed by atoms with Crippen molar-refractivity contribution in [1.82, 2.24) is 14.9 Å². The Bertz CT molecular complexity index is 1250. The first-order valence-electron chi connectivity index (χ1n) is 10.4. The molecule has 31 heavy (non-hydrogen) atoms. The van der Waals surface area contributed by atoms with Crippen molar-refractivity contribution in [2.75, 3.05) is 0 Å². The first kappa shape index (κ1) is 19.5. The minimum absolute atomic E-state index is 0.156. The van der Waals surface area contributed by atoms with E-state index in [0.717, 1.165) is 48.4 Å². The normalized spacial score (nSPS) is 18.6. The van der Waals surface area contributed by atoms with E-state index < -0.39 is 5.60 Å². The molecule has 7 heteroatoms. The van der Waals surface area contributed by atoms with Gasteiger partial charge in [0, 0.05) is 30.4 Å². The third-order valence-corrected chi connectivity index (χ3v) is 6.52. The van der Waals surface area contributed by atoms with Crippen LogP contribution in [0.4, 0.5) is 0 Å². The third-order valence-electron chi connectivity index (χ3n) is 6.52. The Kier molecular flexibility index (Phi) is 4.27. The zero-order valence-electron chi connectivity index (χ0n) is 17.4. The minimum Gasteiger partial charge on any atom is -0.404 e. The molecule has 5 rings (SSSR count). The number of rotatable bonds is 6. The summed E-state index contributed by atoms with van der Waals surface area (Å²) >= 11 is 0. The molecule has 2 fully saturated rings. The summed E-state index contributed by atoms with van der Waals surface area (Å²) in [4.78, 5) is 17.8. The molecule has 2 aliphatic rings. The number of hydrogen-bond acceptors (Lipinski definition) is 5. The molecular formula is C24H25N5O2. The summed E-state index contributed by atoms with van der Waals surface area (Å²) < 4.78 is 1.77. The van der Waals surface area contributed by atoms with E-state index >= 15 is 0 Å². The van der Waals surface area contributed by atoms with Crippen LogP contribution < -0.4 is 11.1 Å². The molecule has 2 aromatic heterocycles. The lowest BCUT2D eigenvalue weighted by Gasteiger charge is -2.20.